The summed E-state index contributed by atoms with van der Waals surface area (Å²) in [6, 6.07) is 0. The van der Waals surface area contributed by atoms with Gasteiger partial charge in [0.05, 0.1) is 31.6 Å². The van der Waals surface area contributed by atoms with Crippen molar-refractivity contribution < 1.29 is 9.90 Å². The highest BCUT2D eigenvalue weighted by atomic mass is 79.9. The summed E-state index contributed by atoms with van der Waals surface area (Å²) >= 11 is 3.20. The van der Waals surface area contributed by atoms with Gasteiger partial charge in [0.25, 0.3) is 5.56 Å². The van der Waals surface area contributed by atoms with Gasteiger partial charge in [-0.15, -0.1) is 0 Å². The molecule has 2 N–H and O–H groups in total. The molecule has 116 valence electrons. The molecule has 1 amide bonds. The standard InChI is InChI=1S/C13H19BrN4O3/c14-12-10(8-16-18(6-7-19)13(12)21)15-9-11(20)17-4-2-1-3-5-17/h8,15,19H,1-7,9H2. The molecule has 0 spiro atoms. The second-order valence-electron chi connectivity index (χ2n) is 4.92. The average molecular weight is 359 g/mol. The number of aromatic nitrogens is 2. The third-order valence-electron chi connectivity index (χ3n) is 3.44. The number of aliphatic hydroxyl groups is 1. The van der Waals surface area contributed by atoms with Gasteiger partial charge in [-0.3, -0.25) is 9.59 Å². The normalized spacial score (nSPS) is 15.0. The van der Waals surface area contributed by atoms with E-state index >= 15 is 0 Å². The molecule has 0 unspecified atom stereocenters. The van der Waals surface area contributed by atoms with E-state index in [1.807, 2.05) is 4.90 Å². The van der Waals surface area contributed by atoms with Crippen LogP contribution in [0.3, 0.4) is 0 Å². The average Bonchev–Trinajstić information content (AvgIpc) is 2.52. The topological polar surface area (TPSA) is 87.5 Å². The van der Waals surface area contributed by atoms with Gasteiger partial charge in [-0.1, -0.05) is 0 Å². The van der Waals surface area contributed by atoms with E-state index in [1.54, 1.807) is 0 Å². The summed E-state index contributed by atoms with van der Waals surface area (Å²) in [6.45, 7) is 1.74. The first-order chi connectivity index (χ1) is 10.1. The molecule has 0 bridgehead atoms. The van der Waals surface area contributed by atoms with E-state index < -0.39 is 0 Å². The highest BCUT2D eigenvalue weighted by Gasteiger charge is 2.17. The molecule has 1 aliphatic heterocycles. The van der Waals surface area contributed by atoms with Gasteiger partial charge in [0.1, 0.15) is 4.47 Å². The van der Waals surface area contributed by atoms with Crippen LogP contribution in [0.25, 0.3) is 0 Å². The molecule has 0 aliphatic carbocycles. The van der Waals surface area contributed by atoms with E-state index in [-0.39, 0.29) is 31.2 Å². The third-order valence-corrected chi connectivity index (χ3v) is 4.20. The molecule has 0 atom stereocenters. The predicted octanol–water partition coefficient (Wildman–Crippen LogP) is 0.422. The molecule has 1 fully saturated rings. The summed E-state index contributed by atoms with van der Waals surface area (Å²) in [5.74, 6) is 0.0288. The fourth-order valence-electron chi connectivity index (χ4n) is 2.27. The lowest BCUT2D eigenvalue weighted by Gasteiger charge is -2.26. The van der Waals surface area contributed by atoms with Crippen molar-refractivity contribution in [3.05, 3.63) is 21.0 Å². The highest BCUT2D eigenvalue weighted by Crippen LogP contribution is 2.16. The van der Waals surface area contributed by atoms with Crippen LogP contribution in [0.15, 0.2) is 15.5 Å². The molecule has 0 saturated carbocycles. The Hall–Kier alpha value is -1.41. The number of carbonyl (C=O) groups excluding carboxylic acids is 1. The lowest BCUT2D eigenvalue weighted by atomic mass is 10.1. The number of anilines is 1. The number of piperidine rings is 1. The van der Waals surface area contributed by atoms with Crippen molar-refractivity contribution in [1.29, 1.82) is 0 Å². The molecule has 2 rings (SSSR count). The van der Waals surface area contributed by atoms with Gasteiger partial charge in [0.2, 0.25) is 5.91 Å². The van der Waals surface area contributed by atoms with Crippen LogP contribution in [0, 0.1) is 0 Å². The summed E-state index contributed by atoms with van der Waals surface area (Å²) in [6.07, 6.45) is 4.75. The minimum Gasteiger partial charge on any atom is -0.394 e. The van der Waals surface area contributed by atoms with Crippen molar-refractivity contribution in [3.63, 3.8) is 0 Å². The number of amides is 1. The fraction of sp³-hybridized carbons (Fsp3) is 0.615. The third kappa shape index (κ3) is 4.04. The number of rotatable bonds is 5. The maximum atomic E-state index is 12.0. The van der Waals surface area contributed by atoms with Crippen LogP contribution in [0.4, 0.5) is 5.69 Å². The molecule has 7 nitrogen and oxygen atoms in total. The van der Waals surface area contributed by atoms with Crippen molar-refractivity contribution >= 4 is 27.5 Å². The monoisotopic (exact) mass is 358 g/mol. The molecular weight excluding hydrogens is 340 g/mol. The molecule has 1 aromatic rings. The molecular formula is C13H19BrN4O3. The van der Waals surface area contributed by atoms with Crippen molar-refractivity contribution in [1.82, 2.24) is 14.7 Å². The van der Waals surface area contributed by atoms with E-state index in [1.165, 1.54) is 17.3 Å². The lowest BCUT2D eigenvalue weighted by Crippen LogP contribution is -2.39. The first-order valence-corrected chi connectivity index (χ1v) is 7.81. The van der Waals surface area contributed by atoms with Gasteiger partial charge >= 0.3 is 0 Å². The van der Waals surface area contributed by atoms with Crippen molar-refractivity contribution in [2.75, 3.05) is 31.6 Å². The summed E-state index contributed by atoms with van der Waals surface area (Å²) in [4.78, 5) is 25.8. The number of carbonyl (C=O) groups is 1. The van der Waals surface area contributed by atoms with Crippen LogP contribution in [-0.4, -0.2) is 51.9 Å². The van der Waals surface area contributed by atoms with Crippen molar-refractivity contribution in [2.45, 2.75) is 25.8 Å². The maximum Gasteiger partial charge on any atom is 0.283 e. The summed E-state index contributed by atoms with van der Waals surface area (Å²) < 4.78 is 1.49. The van der Waals surface area contributed by atoms with Gasteiger partial charge in [0, 0.05) is 13.1 Å². The van der Waals surface area contributed by atoms with Crippen LogP contribution in [0.2, 0.25) is 0 Å². The van der Waals surface area contributed by atoms with E-state index in [0.29, 0.717) is 10.2 Å². The smallest absolute Gasteiger partial charge is 0.283 e. The number of nitrogens with zero attached hydrogens (tertiary/aromatic N) is 3. The van der Waals surface area contributed by atoms with Gasteiger partial charge in [0.15, 0.2) is 0 Å². The Morgan fingerprint density at radius 3 is 2.76 bits per heavy atom. The Morgan fingerprint density at radius 1 is 1.38 bits per heavy atom. The number of nitrogens with one attached hydrogen (secondary N) is 1. The summed E-state index contributed by atoms with van der Waals surface area (Å²) in [5, 5.41) is 15.7. The number of aliphatic hydroxyl groups excluding tert-OH is 1. The van der Waals surface area contributed by atoms with Crippen LogP contribution in [-0.2, 0) is 11.3 Å². The zero-order valence-electron chi connectivity index (χ0n) is 11.7. The molecule has 1 aromatic heterocycles. The van der Waals surface area contributed by atoms with Gasteiger partial charge in [-0.05, 0) is 35.2 Å². The predicted molar refractivity (Wildman–Crippen MR) is 82.2 cm³/mol. The van der Waals surface area contributed by atoms with Gasteiger partial charge in [-0.2, -0.15) is 5.10 Å². The molecule has 21 heavy (non-hydrogen) atoms. The molecule has 1 saturated heterocycles. The van der Waals surface area contributed by atoms with Crippen LogP contribution in [0.5, 0.6) is 0 Å². The van der Waals surface area contributed by atoms with Gasteiger partial charge in [-0.25, -0.2) is 4.68 Å². The van der Waals surface area contributed by atoms with Crippen LogP contribution < -0.4 is 10.9 Å². The lowest BCUT2D eigenvalue weighted by molar-refractivity contribution is -0.130. The van der Waals surface area contributed by atoms with E-state index in [4.69, 9.17) is 5.11 Å². The zero-order valence-corrected chi connectivity index (χ0v) is 13.3. The van der Waals surface area contributed by atoms with E-state index in [0.717, 1.165) is 25.9 Å². The largest absolute Gasteiger partial charge is 0.394 e. The second-order valence-corrected chi connectivity index (χ2v) is 5.71. The first-order valence-electron chi connectivity index (χ1n) is 7.01. The first kappa shape index (κ1) is 16.0. The van der Waals surface area contributed by atoms with Crippen LogP contribution in [0.1, 0.15) is 19.3 Å². The number of likely N-dealkylation sites (tertiary alicyclic amines) is 1. The van der Waals surface area contributed by atoms with E-state index in [2.05, 4.69) is 26.3 Å². The molecule has 2 heterocycles. The Kier molecular flexibility index (Phi) is 5.75. The molecule has 0 aromatic carbocycles. The molecule has 0 radical (unpaired) electrons. The number of halogens is 1. The molecule has 1 aliphatic rings. The Bertz CT molecular complexity index is 555. The Balaban J connectivity index is 1.98. The Morgan fingerprint density at radius 2 is 2.10 bits per heavy atom. The van der Waals surface area contributed by atoms with E-state index in [9.17, 15) is 9.59 Å². The SMILES string of the molecule is O=C(CNc1cnn(CCO)c(=O)c1Br)N1CCCCC1. The quantitative estimate of drug-likeness (QED) is 0.796. The second kappa shape index (κ2) is 7.56. The number of hydrogen-bond donors (Lipinski definition) is 2. The Labute approximate surface area is 131 Å². The van der Waals surface area contributed by atoms with Crippen LogP contribution >= 0.6 is 15.9 Å². The van der Waals surface area contributed by atoms with Crippen molar-refractivity contribution in [2.24, 2.45) is 0 Å². The highest BCUT2D eigenvalue weighted by molar-refractivity contribution is 9.10. The minimum absolute atomic E-state index is 0.0288. The summed E-state index contributed by atoms with van der Waals surface area (Å²) in [7, 11) is 0. The zero-order chi connectivity index (χ0) is 15.2. The van der Waals surface area contributed by atoms with Gasteiger partial charge < -0.3 is 15.3 Å². The molecule has 8 heteroatoms. The maximum absolute atomic E-state index is 12.0. The number of hydrogen-bond acceptors (Lipinski definition) is 5. The minimum atomic E-state index is -0.334. The van der Waals surface area contributed by atoms with Crippen molar-refractivity contribution in [3.8, 4) is 0 Å². The fourth-order valence-corrected chi connectivity index (χ4v) is 2.72. The summed E-state index contributed by atoms with van der Waals surface area (Å²) in [5.41, 5.74) is 0.152.